The molecule has 0 bridgehead atoms. The van der Waals surface area contributed by atoms with Gasteiger partial charge in [-0.05, 0) is 25.1 Å². The van der Waals surface area contributed by atoms with Gasteiger partial charge < -0.3 is 4.90 Å². The van der Waals surface area contributed by atoms with Crippen LogP contribution in [-0.4, -0.2) is 70.0 Å². The minimum Gasteiger partial charge on any atom is -0.369 e. The van der Waals surface area contributed by atoms with Crippen molar-refractivity contribution < 1.29 is 8.42 Å². The highest BCUT2D eigenvalue weighted by atomic mass is 32.2. The molecule has 1 aromatic rings. The monoisotopic (exact) mass is 354 g/mol. The average molecular weight is 355 g/mol. The zero-order chi connectivity index (χ0) is 17.4. The molecule has 1 fully saturated rings. The fourth-order valence-corrected chi connectivity index (χ4v) is 4.29. The summed E-state index contributed by atoms with van der Waals surface area (Å²) in [4.78, 5) is 4.81. The SMILES string of the molecule is CCN(CC)S(=O)(=O)NCCCN1CCN(c2ccccc2)CC1. The van der Waals surface area contributed by atoms with E-state index in [0.29, 0.717) is 19.6 Å². The molecule has 1 aromatic carbocycles. The Morgan fingerprint density at radius 2 is 1.67 bits per heavy atom. The van der Waals surface area contributed by atoms with E-state index in [1.54, 1.807) is 0 Å². The number of nitrogens with zero attached hydrogens (tertiary/aromatic N) is 3. The molecule has 24 heavy (non-hydrogen) atoms. The van der Waals surface area contributed by atoms with Gasteiger partial charge in [0.05, 0.1) is 0 Å². The number of piperazine rings is 1. The number of hydrogen-bond acceptors (Lipinski definition) is 4. The molecule has 7 heteroatoms. The van der Waals surface area contributed by atoms with Crippen LogP contribution >= 0.6 is 0 Å². The lowest BCUT2D eigenvalue weighted by Gasteiger charge is -2.36. The molecule has 6 nitrogen and oxygen atoms in total. The van der Waals surface area contributed by atoms with Gasteiger partial charge in [0, 0.05) is 51.5 Å². The molecule has 1 heterocycles. The quantitative estimate of drug-likeness (QED) is 0.681. The van der Waals surface area contributed by atoms with E-state index in [2.05, 4.69) is 38.8 Å². The minimum absolute atomic E-state index is 0.498. The molecule has 1 aliphatic rings. The molecule has 1 aliphatic heterocycles. The predicted molar refractivity (Wildman–Crippen MR) is 99.6 cm³/mol. The summed E-state index contributed by atoms with van der Waals surface area (Å²) in [5.41, 5.74) is 1.28. The summed E-state index contributed by atoms with van der Waals surface area (Å²) >= 11 is 0. The van der Waals surface area contributed by atoms with Gasteiger partial charge in [0.1, 0.15) is 0 Å². The van der Waals surface area contributed by atoms with Crippen LogP contribution in [0.1, 0.15) is 20.3 Å². The maximum Gasteiger partial charge on any atom is 0.279 e. The standard InChI is InChI=1S/C17H30N4O2S/c1-3-21(4-2)24(22,23)18-11-8-12-19-13-15-20(16-14-19)17-9-6-5-7-10-17/h5-7,9-10,18H,3-4,8,11-16H2,1-2H3. The smallest absolute Gasteiger partial charge is 0.279 e. The highest BCUT2D eigenvalue weighted by Crippen LogP contribution is 2.15. The van der Waals surface area contributed by atoms with E-state index in [1.165, 1.54) is 9.99 Å². The summed E-state index contributed by atoms with van der Waals surface area (Å²) < 4.78 is 28.2. The van der Waals surface area contributed by atoms with Crippen molar-refractivity contribution in [2.75, 3.05) is 57.3 Å². The van der Waals surface area contributed by atoms with E-state index < -0.39 is 10.2 Å². The van der Waals surface area contributed by atoms with E-state index in [-0.39, 0.29) is 0 Å². The van der Waals surface area contributed by atoms with Crippen molar-refractivity contribution in [1.29, 1.82) is 0 Å². The Balaban J connectivity index is 1.66. The number of anilines is 1. The summed E-state index contributed by atoms with van der Waals surface area (Å²) in [6.45, 7) is 10.3. The van der Waals surface area contributed by atoms with Crippen molar-refractivity contribution in [2.45, 2.75) is 20.3 Å². The third kappa shape index (κ3) is 5.44. The number of para-hydroxylation sites is 1. The van der Waals surface area contributed by atoms with Gasteiger partial charge in [-0.3, -0.25) is 4.90 Å². The van der Waals surface area contributed by atoms with Crippen LogP contribution in [0.25, 0.3) is 0 Å². The van der Waals surface area contributed by atoms with Crippen molar-refractivity contribution in [1.82, 2.24) is 13.9 Å². The third-order valence-corrected chi connectivity index (χ3v) is 6.24. The molecular formula is C17H30N4O2S. The number of hydrogen-bond donors (Lipinski definition) is 1. The maximum atomic E-state index is 12.0. The van der Waals surface area contributed by atoms with Crippen LogP contribution in [0.2, 0.25) is 0 Å². The lowest BCUT2D eigenvalue weighted by Crippen LogP contribution is -2.47. The van der Waals surface area contributed by atoms with Crippen molar-refractivity contribution in [3.63, 3.8) is 0 Å². The Hall–Kier alpha value is -1.15. The molecule has 0 aromatic heterocycles. The van der Waals surface area contributed by atoms with Gasteiger partial charge in [0.15, 0.2) is 0 Å². The first-order valence-electron chi connectivity index (χ1n) is 8.84. The second-order valence-electron chi connectivity index (χ2n) is 6.00. The molecule has 1 saturated heterocycles. The zero-order valence-electron chi connectivity index (χ0n) is 14.8. The Labute approximate surface area is 146 Å². The Morgan fingerprint density at radius 3 is 2.25 bits per heavy atom. The van der Waals surface area contributed by atoms with Crippen LogP contribution in [0.5, 0.6) is 0 Å². The molecule has 2 rings (SSSR count). The largest absolute Gasteiger partial charge is 0.369 e. The summed E-state index contributed by atoms with van der Waals surface area (Å²) in [6.07, 6.45) is 0.839. The molecule has 0 saturated carbocycles. The number of nitrogens with one attached hydrogen (secondary N) is 1. The van der Waals surface area contributed by atoms with Crippen molar-refractivity contribution >= 4 is 15.9 Å². The maximum absolute atomic E-state index is 12.0. The van der Waals surface area contributed by atoms with Crippen LogP contribution in [0.15, 0.2) is 30.3 Å². The van der Waals surface area contributed by atoms with Crippen LogP contribution in [-0.2, 0) is 10.2 Å². The zero-order valence-corrected chi connectivity index (χ0v) is 15.6. The van der Waals surface area contributed by atoms with Crippen molar-refractivity contribution in [3.05, 3.63) is 30.3 Å². The first-order valence-corrected chi connectivity index (χ1v) is 10.3. The van der Waals surface area contributed by atoms with E-state index in [1.807, 2.05) is 19.9 Å². The van der Waals surface area contributed by atoms with Crippen LogP contribution in [0.4, 0.5) is 5.69 Å². The van der Waals surface area contributed by atoms with E-state index in [0.717, 1.165) is 39.1 Å². The van der Waals surface area contributed by atoms with Gasteiger partial charge >= 0.3 is 0 Å². The third-order valence-electron chi connectivity index (χ3n) is 4.47. The first-order chi connectivity index (χ1) is 11.6. The second kappa shape index (κ2) is 9.36. The molecule has 0 aliphatic carbocycles. The Morgan fingerprint density at radius 1 is 1.04 bits per heavy atom. The van der Waals surface area contributed by atoms with Gasteiger partial charge in [-0.15, -0.1) is 0 Å². The van der Waals surface area contributed by atoms with Crippen molar-refractivity contribution in [3.8, 4) is 0 Å². The van der Waals surface area contributed by atoms with E-state index in [4.69, 9.17) is 0 Å². The molecule has 0 amide bonds. The second-order valence-corrected chi connectivity index (χ2v) is 7.76. The fraction of sp³-hybridized carbons (Fsp3) is 0.647. The summed E-state index contributed by atoms with van der Waals surface area (Å²) in [5, 5.41) is 0. The summed E-state index contributed by atoms with van der Waals surface area (Å²) in [7, 11) is -3.31. The number of benzene rings is 1. The van der Waals surface area contributed by atoms with Crippen LogP contribution in [0, 0.1) is 0 Å². The Kier molecular flexibility index (Phi) is 7.48. The molecule has 0 spiro atoms. The van der Waals surface area contributed by atoms with Gasteiger partial charge in [-0.2, -0.15) is 12.7 Å². The van der Waals surface area contributed by atoms with E-state index >= 15 is 0 Å². The molecule has 0 unspecified atom stereocenters. The van der Waals surface area contributed by atoms with Crippen LogP contribution < -0.4 is 9.62 Å². The normalized spacial score (nSPS) is 16.7. The molecule has 0 atom stereocenters. The first kappa shape index (κ1) is 19.2. The van der Waals surface area contributed by atoms with Gasteiger partial charge in [-0.1, -0.05) is 32.0 Å². The molecular weight excluding hydrogens is 324 g/mol. The molecule has 1 N–H and O–H groups in total. The number of rotatable bonds is 9. The fourth-order valence-electron chi connectivity index (χ4n) is 3.03. The average Bonchev–Trinajstić information content (AvgIpc) is 2.61. The summed E-state index contributed by atoms with van der Waals surface area (Å²) in [6, 6.07) is 10.5. The van der Waals surface area contributed by atoms with E-state index in [9.17, 15) is 8.42 Å². The highest BCUT2D eigenvalue weighted by Gasteiger charge is 2.19. The minimum atomic E-state index is -3.31. The predicted octanol–water partition coefficient (Wildman–Crippen LogP) is 1.37. The van der Waals surface area contributed by atoms with Gasteiger partial charge in [-0.25, -0.2) is 4.72 Å². The Bertz CT molecular complexity index is 568. The lowest BCUT2D eigenvalue weighted by molar-refractivity contribution is 0.255. The summed E-state index contributed by atoms with van der Waals surface area (Å²) in [5.74, 6) is 0. The van der Waals surface area contributed by atoms with Gasteiger partial charge in [0.25, 0.3) is 10.2 Å². The molecule has 0 radical (unpaired) electrons. The van der Waals surface area contributed by atoms with Crippen LogP contribution in [0.3, 0.4) is 0 Å². The van der Waals surface area contributed by atoms with Crippen molar-refractivity contribution in [2.24, 2.45) is 0 Å². The highest BCUT2D eigenvalue weighted by molar-refractivity contribution is 7.87. The topological polar surface area (TPSA) is 55.9 Å². The van der Waals surface area contributed by atoms with Gasteiger partial charge in [0.2, 0.25) is 0 Å². The lowest BCUT2D eigenvalue weighted by atomic mass is 10.2. The molecule has 136 valence electrons.